The average Bonchev–Trinajstić information content (AvgIpc) is 2.83. The lowest BCUT2D eigenvalue weighted by Crippen LogP contribution is -2.25. The molecule has 0 atom stereocenters. The van der Waals surface area contributed by atoms with E-state index in [1.54, 1.807) is 11.3 Å². The minimum absolute atomic E-state index is 0.530. The van der Waals surface area contributed by atoms with Crippen molar-refractivity contribution in [3.05, 3.63) is 32.5 Å². The molecule has 1 N–H and O–H groups in total. The summed E-state index contributed by atoms with van der Waals surface area (Å²) in [5.41, 5.74) is 4.91. The lowest BCUT2D eigenvalue weighted by Gasteiger charge is -2.08. The van der Waals surface area contributed by atoms with Gasteiger partial charge in [-0.05, 0) is 46.2 Å². The Bertz CT molecular complexity index is 591. The summed E-state index contributed by atoms with van der Waals surface area (Å²) < 4.78 is 2.09. The van der Waals surface area contributed by atoms with Crippen LogP contribution in [0.15, 0.2) is 0 Å². The Labute approximate surface area is 131 Å². The summed E-state index contributed by atoms with van der Waals surface area (Å²) in [7, 11) is 0. The molecular weight excluding hydrogens is 280 g/mol. The standard InChI is InChI=1S/C16H26N4S/c1-10(2)17-8-7-15-12(4)19-20(13(15)5)9-16-18-11(3)14(6)21-16/h10,17H,7-9H2,1-6H3. The average molecular weight is 306 g/mol. The molecule has 0 fully saturated rings. The van der Waals surface area contributed by atoms with Gasteiger partial charge in [-0.1, -0.05) is 13.8 Å². The topological polar surface area (TPSA) is 42.7 Å². The summed E-state index contributed by atoms with van der Waals surface area (Å²) in [6.45, 7) is 14.6. The van der Waals surface area contributed by atoms with Crippen LogP contribution < -0.4 is 5.32 Å². The molecule has 0 bridgehead atoms. The number of aryl methyl sites for hydroxylation is 3. The maximum atomic E-state index is 4.70. The maximum Gasteiger partial charge on any atom is 0.115 e. The molecule has 0 unspecified atom stereocenters. The van der Waals surface area contributed by atoms with E-state index < -0.39 is 0 Å². The van der Waals surface area contributed by atoms with E-state index in [4.69, 9.17) is 5.10 Å². The molecule has 0 saturated carbocycles. The maximum absolute atomic E-state index is 4.70. The summed E-state index contributed by atoms with van der Waals surface area (Å²) in [6, 6.07) is 0.530. The minimum Gasteiger partial charge on any atom is -0.314 e. The summed E-state index contributed by atoms with van der Waals surface area (Å²) in [5, 5.41) is 9.31. The van der Waals surface area contributed by atoms with Gasteiger partial charge in [-0.25, -0.2) is 4.98 Å². The fraction of sp³-hybridized carbons (Fsp3) is 0.625. The number of nitrogens with one attached hydrogen (secondary N) is 1. The molecule has 5 heteroatoms. The summed E-state index contributed by atoms with van der Waals surface area (Å²) in [5.74, 6) is 0. The van der Waals surface area contributed by atoms with Crippen LogP contribution in [0.1, 0.15) is 46.4 Å². The molecule has 0 aliphatic heterocycles. The van der Waals surface area contributed by atoms with Crippen molar-refractivity contribution in [3.8, 4) is 0 Å². The highest BCUT2D eigenvalue weighted by molar-refractivity contribution is 7.11. The molecule has 2 rings (SSSR count). The van der Waals surface area contributed by atoms with Crippen LogP contribution in [0.2, 0.25) is 0 Å². The van der Waals surface area contributed by atoms with Crippen molar-refractivity contribution in [1.29, 1.82) is 0 Å². The van der Waals surface area contributed by atoms with E-state index >= 15 is 0 Å². The fourth-order valence-corrected chi connectivity index (χ4v) is 3.39. The Morgan fingerprint density at radius 1 is 1.14 bits per heavy atom. The minimum atomic E-state index is 0.530. The first-order chi connectivity index (χ1) is 9.88. The highest BCUT2D eigenvalue weighted by Gasteiger charge is 2.13. The van der Waals surface area contributed by atoms with E-state index in [1.165, 1.54) is 16.1 Å². The van der Waals surface area contributed by atoms with E-state index in [1.807, 2.05) is 0 Å². The third-order valence-electron chi connectivity index (χ3n) is 3.82. The first-order valence-electron chi connectivity index (χ1n) is 7.57. The Hall–Kier alpha value is -1.20. The number of hydrogen-bond acceptors (Lipinski definition) is 4. The molecule has 4 nitrogen and oxygen atoms in total. The third kappa shape index (κ3) is 3.92. The summed E-state index contributed by atoms with van der Waals surface area (Å²) >= 11 is 1.77. The zero-order chi connectivity index (χ0) is 15.6. The first kappa shape index (κ1) is 16.2. The Kier molecular flexibility index (Phi) is 5.17. The molecule has 0 saturated heterocycles. The Morgan fingerprint density at radius 3 is 2.43 bits per heavy atom. The Morgan fingerprint density at radius 2 is 1.86 bits per heavy atom. The van der Waals surface area contributed by atoms with Crippen LogP contribution in [-0.2, 0) is 13.0 Å². The number of thiazole rings is 1. The van der Waals surface area contributed by atoms with Crippen molar-refractivity contribution in [2.75, 3.05) is 6.54 Å². The zero-order valence-corrected chi connectivity index (χ0v) is 14.8. The quantitative estimate of drug-likeness (QED) is 0.891. The van der Waals surface area contributed by atoms with E-state index in [-0.39, 0.29) is 0 Å². The molecular formula is C16H26N4S. The van der Waals surface area contributed by atoms with E-state index in [2.05, 4.69) is 56.5 Å². The van der Waals surface area contributed by atoms with Crippen LogP contribution in [0.25, 0.3) is 0 Å². The van der Waals surface area contributed by atoms with E-state index in [9.17, 15) is 0 Å². The lowest BCUT2D eigenvalue weighted by atomic mass is 10.1. The summed E-state index contributed by atoms with van der Waals surface area (Å²) in [4.78, 5) is 5.92. The fourth-order valence-electron chi connectivity index (χ4n) is 2.47. The van der Waals surface area contributed by atoms with Gasteiger partial charge in [-0.3, -0.25) is 4.68 Å². The number of hydrogen-bond donors (Lipinski definition) is 1. The molecule has 0 radical (unpaired) electrons. The van der Waals surface area contributed by atoms with Crippen LogP contribution in [0.5, 0.6) is 0 Å². The predicted molar refractivity (Wildman–Crippen MR) is 89.2 cm³/mol. The monoisotopic (exact) mass is 306 g/mol. The van der Waals surface area contributed by atoms with Gasteiger partial charge in [0.25, 0.3) is 0 Å². The predicted octanol–water partition coefficient (Wildman–Crippen LogP) is 3.16. The van der Waals surface area contributed by atoms with Gasteiger partial charge in [-0.15, -0.1) is 11.3 Å². The molecule has 21 heavy (non-hydrogen) atoms. The largest absolute Gasteiger partial charge is 0.314 e. The van der Waals surface area contributed by atoms with Gasteiger partial charge in [0.2, 0.25) is 0 Å². The molecule has 0 spiro atoms. The van der Waals surface area contributed by atoms with Crippen molar-refractivity contribution in [3.63, 3.8) is 0 Å². The molecule has 116 valence electrons. The highest BCUT2D eigenvalue weighted by atomic mass is 32.1. The third-order valence-corrected chi connectivity index (χ3v) is 4.87. The first-order valence-corrected chi connectivity index (χ1v) is 8.39. The van der Waals surface area contributed by atoms with Crippen molar-refractivity contribution < 1.29 is 0 Å². The second-order valence-corrected chi connectivity index (χ2v) is 7.20. The summed E-state index contributed by atoms with van der Waals surface area (Å²) in [6.07, 6.45) is 1.03. The van der Waals surface area contributed by atoms with Gasteiger partial charge in [0.05, 0.1) is 17.9 Å². The van der Waals surface area contributed by atoms with Crippen molar-refractivity contribution in [1.82, 2.24) is 20.1 Å². The van der Waals surface area contributed by atoms with Gasteiger partial charge in [0, 0.05) is 16.6 Å². The van der Waals surface area contributed by atoms with Gasteiger partial charge in [-0.2, -0.15) is 5.10 Å². The SMILES string of the molecule is Cc1nc(Cn2nc(C)c(CCNC(C)C)c2C)sc1C. The van der Waals surface area contributed by atoms with Crippen LogP contribution in [0.4, 0.5) is 0 Å². The van der Waals surface area contributed by atoms with Gasteiger partial charge in [0.15, 0.2) is 0 Å². The second-order valence-electron chi connectivity index (χ2n) is 5.92. The van der Waals surface area contributed by atoms with Crippen LogP contribution >= 0.6 is 11.3 Å². The van der Waals surface area contributed by atoms with Gasteiger partial charge >= 0.3 is 0 Å². The van der Waals surface area contributed by atoms with Crippen molar-refractivity contribution >= 4 is 11.3 Å². The second kappa shape index (κ2) is 6.71. The lowest BCUT2D eigenvalue weighted by molar-refractivity contribution is 0.588. The van der Waals surface area contributed by atoms with E-state index in [0.29, 0.717) is 6.04 Å². The van der Waals surface area contributed by atoms with Crippen LogP contribution in [0, 0.1) is 27.7 Å². The number of nitrogens with zero attached hydrogens (tertiary/aromatic N) is 3. The smallest absolute Gasteiger partial charge is 0.115 e. The highest BCUT2D eigenvalue weighted by Crippen LogP contribution is 2.20. The molecule has 0 aliphatic carbocycles. The Balaban J connectivity index is 2.11. The van der Waals surface area contributed by atoms with Crippen molar-refractivity contribution in [2.24, 2.45) is 0 Å². The van der Waals surface area contributed by atoms with E-state index in [0.717, 1.165) is 35.9 Å². The van der Waals surface area contributed by atoms with Crippen molar-refractivity contribution in [2.45, 2.75) is 60.5 Å². The van der Waals surface area contributed by atoms with Crippen LogP contribution in [0.3, 0.4) is 0 Å². The number of rotatable bonds is 6. The van der Waals surface area contributed by atoms with Gasteiger partial charge in [0.1, 0.15) is 5.01 Å². The molecule has 2 aromatic heterocycles. The van der Waals surface area contributed by atoms with Gasteiger partial charge < -0.3 is 5.32 Å². The molecule has 0 amide bonds. The normalized spacial score (nSPS) is 11.6. The number of aromatic nitrogens is 3. The van der Waals surface area contributed by atoms with Crippen LogP contribution in [-0.4, -0.2) is 27.4 Å². The molecule has 0 aliphatic rings. The molecule has 2 heterocycles. The zero-order valence-electron chi connectivity index (χ0n) is 13.9. The molecule has 2 aromatic rings. The molecule has 0 aromatic carbocycles.